The highest BCUT2D eigenvalue weighted by molar-refractivity contribution is 5.99. The van der Waals surface area contributed by atoms with Crippen LogP contribution in [0.15, 0.2) is 36.4 Å². The van der Waals surface area contributed by atoms with Crippen LogP contribution in [0.25, 0.3) is 0 Å². The largest absolute Gasteiger partial charge is 0.489 e. The van der Waals surface area contributed by atoms with Crippen molar-refractivity contribution in [3.63, 3.8) is 0 Å². The van der Waals surface area contributed by atoms with E-state index in [0.717, 1.165) is 43.7 Å². The minimum absolute atomic E-state index is 0.0588. The standard InChI is InChI=1S/C33H44FN5O4/c1-33(2,21-35)32(42)37-26-17-24(16-25(34)19-26)31(41)39-14-12-38(13-15-39)30(40)23-8-9-29(43-27-10-11-36-20-27)28(18-23)22-6-4-3-5-7-22/h8-9,16-19,22,27,36H,3-7,10-15,20-21,35H2,1-2H3,(H,37,42)/t27-/m0/s1. The third-order valence-electron chi connectivity index (χ3n) is 8.99. The molecule has 2 heterocycles. The Morgan fingerprint density at radius 2 is 1.63 bits per heavy atom. The molecular formula is C33H44FN5O4. The first kappa shape index (κ1) is 30.9. The number of nitrogens with zero attached hydrogens (tertiary/aromatic N) is 2. The van der Waals surface area contributed by atoms with Gasteiger partial charge in [0.1, 0.15) is 17.7 Å². The molecular weight excluding hydrogens is 549 g/mol. The second kappa shape index (κ2) is 13.4. The molecule has 232 valence electrons. The van der Waals surface area contributed by atoms with Crippen LogP contribution in [0.4, 0.5) is 10.1 Å². The molecule has 2 aliphatic heterocycles. The van der Waals surface area contributed by atoms with Gasteiger partial charge in [-0.3, -0.25) is 14.4 Å². The number of halogens is 1. The highest BCUT2D eigenvalue weighted by Crippen LogP contribution is 2.39. The van der Waals surface area contributed by atoms with Crippen molar-refractivity contribution in [1.82, 2.24) is 15.1 Å². The lowest BCUT2D eigenvalue weighted by atomic mass is 9.83. The Hall–Kier alpha value is -3.50. The Morgan fingerprint density at radius 3 is 2.26 bits per heavy atom. The SMILES string of the molecule is CC(C)(CN)C(=O)Nc1cc(F)cc(C(=O)N2CCN(C(=O)c3ccc(O[C@H]4CCNC4)c(C4CCCCC4)c3)CC2)c1. The third-order valence-corrected chi connectivity index (χ3v) is 8.99. The van der Waals surface area contributed by atoms with E-state index in [1.165, 1.54) is 37.5 Å². The number of piperazine rings is 1. The predicted octanol–water partition coefficient (Wildman–Crippen LogP) is 4.14. The molecule has 0 radical (unpaired) electrons. The van der Waals surface area contributed by atoms with Crippen LogP contribution in [-0.4, -0.2) is 79.4 Å². The molecule has 1 aliphatic carbocycles. The molecule has 3 fully saturated rings. The quantitative estimate of drug-likeness (QED) is 0.424. The minimum Gasteiger partial charge on any atom is -0.489 e. The van der Waals surface area contributed by atoms with Crippen molar-refractivity contribution in [1.29, 1.82) is 0 Å². The zero-order valence-corrected chi connectivity index (χ0v) is 25.3. The zero-order valence-electron chi connectivity index (χ0n) is 25.3. The molecule has 0 bridgehead atoms. The molecule has 1 atom stereocenters. The fourth-order valence-corrected chi connectivity index (χ4v) is 6.09. The average Bonchev–Trinajstić information content (AvgIpc) is 3.54. The number of carbonyl (C=O) groups is 3. The fraction of sp³-hybridized carbons (Fsp3) is 0.545. The van der Waals surface area contributed by atoms with Crippen molar-refractivity contribution in [3.8, 4) is 5.75 Å². The molecule has 2 aromatic rings. The summed E-state index contributed by atoms with van der Waals surface area (Å²) in [5.74, 6) is -0.0922. The number of amides is 3. The van der Waals surface area contributed by atoms with Gasteiger partial charge < -0.3 is 30.9 Å². The monoisotopic (exact) mass is 593 g/mol. The minimum atomic E-state index is -0.836. The Kier molecular flexibility index (Phi) is 9.66. The van der Waals surface area contributed by atoms with E-state index in [-0.39, 0.29) is 41.6 Å². The van der Waals surface area contributed by atoms with Gasteiger partial charge in [0.15, 0.2) is 0 Å². The van der Waals surface area contributed by atoms with E-state index < -0.39 is 11.2 Å². The van der Waals surface area contributed by atoms with E-state index in [0.29, 0.717) is 37.7 Å². The van der Waals surface area contributed by atoms with Gasteiger partial charge in [-0.15, -0.1) is 0 Å². The molecule has 2 aromatic carbocycles. The lowest BCUT2D eigenvalue weighted by molar-refractivity contribution is -0.123. The summed E-state index contributed by atoms with van der Waals surface area (Å²) < 4.78 is 20.8. The number of carbonyl (C=O) groups excluding carboxylic acids is 3. The third kappa shape index (κ3) is 7.36. The van der Waals surface area contributed by atoms with E-state index >= 15 is 0 Å². The van der Waals surface area contributed by atoms with E-state index in [4.69, 9.17) is 10.5 Å². The highest BCUT2D eigenvalue weighted by Gasteiger charge is 2.30. The van der Waals surface area contributed by atoms with Crippen molar-refractivity contribution < 1.29 is 23.5 Å². The molecule has 5 rings (SSSR count). The molecule has 2 saturated heterocycles. The van der Waals surface area contributed by atoms with E-state index in [9.17, 15) is 18.8 Å². The van der Waals surface area contributed by atoms with Crippen LogP contribution in [0.1, 0.15) is 84.6 Å². The van der Waals surface area contributed by atoms with Gasteiger partial charge >= 0.3 is 0 Å². The first-order chi connectivity index (χ1) is 20.6. The van der Waals surface area contributed by atoms with Crippen LogP contribution in [0.2, 0.25) is 0 Å². The Bertz CT molecular complexity index is 1330. The molecule has 0 aromatic heterocycles. The van der Waals surface area contributed by atoms with Gasteiger partial charge in [0.05, 0.1) is 5.41 Å². The maximum Gasteiger partial charge on any atom is 0.254 e. The lowest BCUT2D eigenvalue weighted by Crippen LogP contribution is -2.50. The maximum absolute atomic E-state index is 14.4. The van der Waals surface area contributed by atoms with Crippen LogP contribution >= 0.6 is 0 Å². The number of nitrogens with two attached hydrogens (primary N) is 1. The van der Waals surface area contributed by atoms with Crippen LogP contribution in [0.5, 0.6) is 5.75 Å². The summed E-state index contributed by atoms with van der Waals surface area (Å²) in [4.78, 5) is 42.8. The number of hydrogen-bond acceptors (Lipinski definition) is 6. The topological polar surface area (TPSA) is 117 Å². The molecule has 0 unspecified atom stereocenters. The average molecular weight is 594 g/mol. The smallest absolute Gasteiger partial charge is 0.254 e. The Morgan fingerprint density at radius 1 is 0.953 bits per heavy atom. The van der Waals surface area contributed by atoms with Crippen molar-refractivity contribution in [2.75, 3.05) is 51.1 Å². The summed E-state index contributed by atoms with van der Waals surface area (Å²) in [6.07, 6.45) is 6.97. The highest BCUT2D eigenvalue weighted by atomic mass is 19.1. The zero-order chi connectivity index (χ0) is 30.6. The Balaban J connectivity index is 1.24. The number of nitrogens with one attached hydrogen (secondary N) is 2. The molecule has 3 aliphatic rings. The molecule has 4 N–H and O–H groups in total. The van der Waals surface area contributed by atoms with E-state index in [1.54, 1.807) is 23.6 Å². The van der Waals surface area contributed by atoms with Gasteiger partial charge in [0, 0.05) is 56.1 Å². The van der Waals surface area contributed by atoms with Gasteiger partial charge in [0.2, 0.25) is 5.91 Å². The van der Waals surface area contributed by atoms with E-state index in [2.05, 4.69) is 10.6 Å². The van der Waals surface area contributed by atoms with E-state index in [1.807, 2.05) is 18.2 Å². The summed E-state index contributed by atoms with van der Waals surface area (Å²) in [5, 5.41) is 6.02. The van der Waals surface area contributed by atoms with Gasteiger partial charge in [-0.25, -0.2) is 4.39 Å². The second-order valence-corrected chi connectivity index (χ2v) is 12.7. The van der Waals surface area contributed by atoms with Gasteiger partial charge in [-0.2, -0.15) is 0 Å². The molecule has 1 saturated carbocycles. The lowest BCUT2D eigenvalue weighted by Gasteiger charge is -2.35. The first-order valence-electron chi connectivity index (χ1n) is 15.6. The summed E-state index contributed by atoms with van der Waals surface area (Å²) in [7, 11) is 0. The fourth-order valence-electron chi connectivity index (χ4n) is 6.09. The van der Waals surface area contributed by atoms with Crippen molar-refractivity contribution in [2.24, 2.45) is 11.1 Å². The number of ether oxygens (including phenoxy) is 1. The summed E-state index contributed by atoms with van der Waals surface area (Å²) in [5.41, 5.74) is 6.97. The van der Waals surface area contributed by atoms with Gasteiger partial charge in [0.25, 0.3) is 11.8 Å². The molecule has 9 nitrogen and oxygen atoms in total. The summed E-state index contributed by atoms with van der Waals surface area (Å²) in [6.45, 7) is 6.72. The summed E-state index contributed by atoms with van der Waals surface area (Å²) >= 11 is 0. The van der Waals surface area contributed by atoms with Crippen molar-refractivity contribution in [2.45, 2.75) is 64.4 Å². The maximum atomic E-state index is 14.4. The first-order valence-corrected chi connectivity index (χ1v) is 15.6. The predicted molar refractivity (Wildman–Crippen MR) is 164 cm³/mol. The molecule has 0 spiro atoms. The van der Waals surface area contributed by atoms with Crippen LogP contribution in [-0.2, 0) is 4.79 Å². The molecule has 43 heavy (non-hydrogen) atoms. The second-order valence-electron chi connectivity index (χ2n) is 12.7. The molecule has 3 amide bonds. The van der Waals surface area contributed by atoms with Crippen LogP contribution < -0.4 is 21.1 Å². The van der Waals surface area contributed by atoms with Crippen molar-refractivity contribution >= 4 is 23.4 Å². The van der Waals surface area contributed by atoms with Crippen LogP contribution in [0, 0.1) is 11.2 Å². The van der Waals surface area contributed by atoms with Crippen LogP contribution in [0.3, 0.4) is 0 Å². The normalized spacial score (nSPS) is 19.8. The number of anilines is 1. The number of rotatable bonds is 8. The summed E-state index contributed by atoms with van der Waals surface area (Å²) in [6, 6.07) is 9.68. The number of benzene rings is 2. The Labute approximate surface area is 253 Å². The van der Waals surface area contributed by atoms with Gasteiger partial charge in [-0.05, 0) is 87.5 Å². The molecule has 10 heteroatoms. The van der Waals surface area contributed by atoms with Gasteiger partial charge in [-0.1, -0.05) is 19.3 Å². The van der Waals surface area contributed by atoms with Crippen molar-refractivity contribution in [3.05, 3.63) is 58.9 Å². The number of hydrogen-bond donors (Lipinski definition) is 3.